The lowest BCUT2D eigenvalue weighted by atomic mass is 9.93. The molecule has 3 aromatic rings. The summed E-state index contributed by atoms with van der Waals surface area (Å²) < 4.78 is 38.7. The van der Waals surface area contributed by atoms with Crippen molar-refractivity contribution in [1.82, 2.24) is 19.0 Å². The van der Waals surface area contributed by atoms with Gasteiger partial charge in [-0.05, 0) is 48.9 Å². The molecule has 0 N–H and O–H groups in total. The molecule has 40 heavy (non-hydrogen) atoms. The average Bonchev–Trinajstić information content (AvgIpc) is 3.32. The minimum atomic E-state index is -4.46. The number of amides is 1. The zero-order valence-electron chi connectivity index (χ0n) is 23.3. The van der Waals surface area contributed by atoms with E-state index >= 15 is 0 Å². The maximum atomic E-state index is 13.9. The predicted molar refractivity (Wildman–Crippen MR) is 149 cm³/mol. The maximum absolute atomic E-state index is 13.9. The van der Waals surface area contributed by atoms with E-state index in [4.69, 9.17) is 9.47 Å². The Balaban J connectivity index is 2.37. The molecule has 1 aromatic carbocycles. The summed E-state index contributed by atoms with van der Waals surface area (Å²) in [5, 5.41) is 4.25. The zero-order valence-corrected chi connectivity index (χ0v) is 24.1. The van der Waals surface area contributed by atoms with Crippen LogP contribution in [0.5, 0.6) is 0 Å². The van der Waals surface area contributed by atoms with Gasteiger partial charge in [-0.15, -0.1) is 4.68 Å². The van der Waals surface area contributed by atoms with E-state index in [9.17, 15) is 27.6 Å². The number of aromatic nitrogens is 4. The number of carbonyl (C=O) groups is 2. The molecular formula is C26H35N5O8S. The number of unbranched alkanes of at least 4 members (excludes halogenated alkanes) is 2. The van der Waals surface area contributed by atoms with E-state index in [-0.39, 0.29) is 41.0 Å². The van der Waals surface area contributed by atoms with Crippen LogP contribution >= 0.6 is 0 Å². The third-order valence-electron chi connectivity index (χ3n) is 6.35. The highest BCUT2D eigenvalue weighted by Crippen LogP contribution is 2.32. The first-order valence-corrected chi connectivity index (χ1v) is 14.8. The fourth-order valence-corrected chi connectivity index (χ4v) is 5.12. The molecule has 2 heterocycles. The molecule has 0 saturated carbocycles. The van der Waals surface area contributed by atoms with Gasteiger partial charge in [0, 0.05) is 25.4 Å². The van der Waals surface area contributed by atoms with Crippen LogP contribution in [0.1, 0.15) is 57.9 Å². The number of aryl methyl sites for hydroxylation is 2. The Morgan fingerprint density at radius 3 is 2.45 bits per heavy atom. The third-order valence-corrected chi connectivity index (χ3v) is 7.29. The van der Waals surface area contributed by atoms with Crippen LogP contribution in [0.25, 0.3) is 22.2 Å². The Morgan fingerprint density at radius 2 is 1.88 bits per heavy atom. The van der Waals surface area contributed by atoms with Crippen LogP contribution in [0, 0.1) is 0 Å². The number of sulfonamides is 1. The molecule has 1 amide bonds. The van der Waals surface area contributed by atoms with E-state index in [2.05, 4.69) is 5.10 Å². The van der Waals surface area contributed by atoms with Crippen LogP contribution in [0.2, 0.25) is 0 Å². The second-order valence-electron chi connectivity index (χ2n) is 9.65. The molecule has 0 aliphatic heterocycles. The van der Waals surface area contributed by atoms with Gasteiger partial charge in [0.2, 0.25) is 0 Å². The smallest absolute Gasteiger partial charge is 0.444 e. The van der Waals surface area contributed by atoms with Crippen LogP contribution in [-0.2, 0) is 37.9 Å². The highest BCUT2D eigenvalue weighted by Gasteiger charge is 2.32. The number of rotatable bonds is 13. The summed E-state index contributed by atoms with van der Waals surface area (Å²) in [6.45, 7) is 6.22. The number of hydrogen-bond acceptors (Lipinski definition) is 9. The van der Waals surface area contributed by atoms with Gasteiger partial charge in [-0.25, -0.2) is 18.0 Å². The van der Waals surface area contributed by atoms with Gasteiger partial charge in [0.15, 0.2) is 0 Å². The van der Waals surface area contributed by atoms with Crippen molar-refractivity contribution in [3.05, 3.63) is 50.8 Å². The molecular weight excluding hydrogens is 542 g/mol. The molecule has 0 saturated heterocycles. The Hall–Kier alpha value is -3.94. The Kier molecular flexibility index (Phi) is 9.90. The first kappa shape index (κ1) is 30.6. The normalized spacial score (nSPS) is 11.7. The summed E-state index contributed by atoms with van der Waals surface area (Å²) in [5.74, 6) is -0.0117. The number of fused-ring (bicyclic) bond motifs is 1. The number of hydrogen-bond donors (Lipinski definition) is 0. The SMILES string of the molecule is CCCCOC(=O)N(n1c(=O)c2cc(-c3ccnn3C)c(C(C)C)cc2n(CCCCOC=O)c1=O)S(C)(=O)=O. The van der Waals surface area contributed by atoms with Gasteiger partial charge in [0.25, 0.3) is 22.1 Å². The van der Waals surface area contributed by atoms with Gasteiger partial charge in [0.1, 0.15) is 0 Å². The highest BCUT2D eigenvalue weighted by molar-refractivity contribution is 7.92. The van der Waals surface area contributed by atoms with Crippen molar-refractivity contribution in [3.8, 4) is 11.3 Å². The second-order valence-corrected chi connectivity index (χ2v) is 11.5. The molecule has 0 aliphatic rings. The fraction of sp³-hybridized carbons (Fsp3) is 0.500. The molecule has 218 valence electrons. The first-order valence-electron chi connectivity index (χ1n) is 13.0. The van der Waals surface area contributed by atoms with E-state index < -0.39 is 27.4 Å². The second kappa shape index (κ2) is 12.9. The summed E-state index contributed by atoms with van der Waals surface area (Å²) in [5.41, 5.74) is 0.493. The van der Waals surface area contributed by atoms with Gasteiger partial charge in [-0.3, -0.25) is 18.8 Å². The van der Waals surface area contributed by atoms with E-state index in [1.807, 2.05) is 20.8 Å². The maximum Gasteiger partial charge on any atom is 0.444 e. The van der Waals surface area contributed by atoms with Gasteiger partial charge in [-0.2, -0.15) is 5.10 Å². The van der Waals surface area contributed by atoms with E-state index in [1.54, 1.807) is 36.1 Å². The van der Waals surface area contributed by atoms with E-state index in [0.717, 1.165) is 5.56 Å². The van der Waals surface area contributed by atoms with Crippen LogP contribution in [0.4, 0.5) is 4.79 Å². The Morgan fingerprint density at radius 1 is 1.15 bits per heavy atom. The molecule has 14 heteroatoms. The minimum Gasteiger partial charge on any atom is -0.468 e. The van der Waals surface area contributed by atoms with Gasteiger partial charge >= 0.3 is 11.8 Å². The lowest BCUT2D eigenvalue weighted by Crippen LogP contribution is -2.57. The monoisotopic (exact) mass is 577 g/mol. The molecule has 0 fully saturated rings. The molecule has 0 aliphatic carbocycles. The molecule has 13 nitrogen and oxygen atoms in total. The molecule has 0 spiro atoms. The largest absolute Gasteiger partial charge is 0.468 e. The Labute approximate surface area is 231 Å². The number of benzene rings is 1. The fourth-order valence-electron chi connectivity index (χ4n) is 4.36. The average molecular weight is 578 g/mol. The molecule has 0 bridgehead atoms. The highest BCUT2D eigenvalue weighted by atomic mass is 32.2. The summed E-state index contributed by atoms with van der Waals surface area (Å²) in [4.78, 5) is 51.1. The predicted octanol–water partition coefficient (Wildman–Crippen LogP) is 2.47. The number of carbonyl (C=O) groups excluding carboxylic acids is 2. The number of nitrogens with zero attached hydrogens (tertiary/aromatic N) is 5. The van der Waals surface area contributed by atoms with Crippen molar-refractivity contribution in [1.29, 1.82) is 0 Å². The molecule has 0 unspecified atom stereocenters. The summed E-state index contributed by atoms with van der Waals surface area (Å²) in [6, 6.07) is 5.11. The Bertz CT molecular complexity index is 1600. The summed E-state index contributed by atoms with van der Waals surface area (Å²) >= 11 is 0. The van der Waals surface area contributed by atoms with Crippen molar-refractivity contribution < 1.29 is 27.5 Å². The molecule has 2 aromatic heterocycles. The lowest BCUT2D eigenvalue weighted by molar-refractivity contribution is -0.128. The van der Waals surface area contributed by atoms with Crippen molar-refractivity contribution in [3.63, 3.8) is 0 Å². The first-order chi connectivity index (χ1) is 18.9. The molecule has 3 rings (SSSR count). The molecule has 0 atom stereocenters. The van der Waals surface area contributed by atoms with Gasteiger partial charge < -0.3 is 9.47 Å². The summed E-state index contributed by atoms with van der Waals surface area (Å²) in [6.07, 6.45) is 2.89. The van der Waals surface area contributed by atoms with Crippen molar-refractivity contribution in [2.24, 2.45) is 7.05 Å². The third kappa shape index (κ3) is 6.43. The molecule has 0 radical (unpaired) electrons. The van der Waals surface area contributed by atoms with Crippen LogP contribution < -0.4 is 15.7 Å². The zero-order chi connectivity index (χ0) is 29.6. The lowest BCUT2D eigenvalue weighted by Gasteiger charge is -2.23. The van der Waals surface area contributed by atoms with Crippen molar-refractivity contribution >= 4 is 33.5 Å². The number of ether oxygens (including phenoxy) is 2. The summed E-state index contributed by atoms with van der Waals surface area (Å²) in [7, 11) is -2.71. The topological polar surface area (TPSA) is 152 Å². The quantitative estimate of drug-likeness (QED) is 0.220. The van der Waals surface area contributed by atoms with Crippen molar-refractivity contribution in [2.75, 3.05) is 23.9 Å². The van der Waals surface area contributed by atoms with Crippen LogP contribution in [0.15, 0.2) is 34.0 Å². The van der Waals surface area contributed by atoms with Crippen LogP contribution in [-0.4, -0.2) is 59.5 Å². The van der Waals surface area contributed by atoms with E-state index in [0.29, 0.717) is 54.3 Å². The minimum absolute atomic E-state index is 0.0117. The standard InChI is InChI=1S/C26H35N5O8S/c1-6-7-14-39-26(35)31(40(5,36)37)30-24(33)21-15-20(22-10-11-27-28(22)4)19(18(2)3)16-23(21)29(25(30)34)12-8-9-13-38-17-32/h10-11,15-18H,6-9,12-14H2,1-5H3. The van der Waals surface area contributed by atoms with Gasteiger partial charge in [0.05, 0.1) is 36.1 Å². The van der Waals surface area contributed by atoms with E-state index in [1.165, 1.54) is 4.57 Å². The van der Waals surface area contributed by atoms with Gasteiger partial charge in [-0.1, -0.05) is 31.6 Å². The van der Waals surface area contributed by atoms with Crippen molar-refractivity contribution in [2.45, 2.75) is 58.9 Å². The van der Waals surface area contributed by atoms with Crippen LogP contribution in [0.3, 0.4) is 0 Å².